The zero-order valence-electron chi connectivity index (χ0n) is 13.2. The van der Waals surface area contributed by atoms with Gasteiger partial charge in [-0.2, -0.15) is 5.10 Å². The Morgan fingerprint density at radius 2 is 2.30 bits per heavy atom. The van der Waals surface area contributed by atoms with E-state index < -0.39 is 0 Å². The molecule has 23 heavy (non-hydrogen) atoms. The van der Waals surface area contributed by atoms with Gasteiger partial charge in [-0.25, -0.2) is 4.79 Å². The van der Waals surface area contributed by atoms with Crippen LogP contribution in [0, 0.1) is 11.8 Å². The van der Waals surface area contributed by atoms with E-state index in [2.05, 4.69) is 28.0 Å². The molecule has 3 atom stereocenters. The van der Waals surface area contributed by atoms with Crippen LogP contribution in [-0.2, 0) is 11.8 Å². The van der Waals surface area contributed by atoms with Gasteiger partial charge < -0.3 is 14.6 Å². The van der Waals surface area contributed by atoms with E-state index in [1.54, 1.807) is 30.1 Å². The van der Waals surface area contributed by atoms with E-state index >= 15 is 0 Å². The number of nitrogens with one attached hydrogen (secondary N) is 2. The third-order valence-electron chi connectivity index (χ3n) is 4.40. The molecule has 122 valence electrons. The summed E-state index contributed by atoms with van der Waals surface area (Å²) in [4.78, 5) is 11.5. The lowest BCUT2D eigenvalue weighted by atomic mass is 10.0. The molecule has 0 amide bonds. The number of aryl methyl sites for hydroxylation is 1. The van der Waals surface area contributed by atoms with Gasteiger partial charge in [0.15, 0.2) is 5.11 Å². The summed E-state index contributed by atoms with van der Waals surface area (Å²) in [7, 11) is 3.14. The number of ether oxygens (including phenoxy) is 1. The van der Waals surface area contributed by atoms with E-state index in [-0.39, 0.29) is 5.97 Å². The van der Waals surface area contributed by atoms with E-state index in [9.17, 15) is 4.79 Å². The van der Waals surface area contributed by atoms with Crippen LogP contribution in [0.25, 0.3) is 0 Å². The summed E-state index contributed by atoms with van der Waals surface area (Å²) in [5.41, 5.74) is 4.10. The number of rotatable bonds is 4. The summed E-state index contributed by atoms with van der Waals surface area (Å²) in [6, 6.07) is 2.12. The molecular weight excluding hydrogens is 312 g/mol. The van der Waals surface area contributed by atoms with Crippen LogP contribution in [0.3, 0.4) is 0 Å². The van der Waals surface area contributed by atoms with Crippen molar-refractivity contribution in [1.29, 1.82) is 0 Å². The van der Waals surface area contributed by atoms with Crippen LogP contribution in [0.4, 0.5) is 0 Å². The Bertz CT molecular complexity index is 680. The highest BCUT2D eigenvalue weighted by molar-refractivity contribution is 7.80. The number of allylic oxidation sites excluding steroid dienone is 1. The Kier molecular flexibility index (Phi) is 4.47. The molecule has 2 N–H and O–H groups in total. The van der Waals surface area contributed by atoms with E-state index in [4.69, 9.17) is 17.0 Å². The number of hydrogen-bond acceptors (Lipinski definition) is 4. The predicted molar refractivity (Wildman–Crippen MR) is 92.4 cm³/mol. The van der Waals surface area contributed by atoms with Crippen LogP contribution in [0.5, 0.6) is 0 Å². The minimum absolute atomic E-state index is 0.373. The molecule has 1 heterocycles. The monoisotopic (exact) mass is 332 g/mol. The van der Waals surface area contributed by atoms with Gasteiger partial charge >= 0.3 is 5.97 Å². The Hall–Kier alpha value is -2.15. The molecule has 2 bridgehead atoms. The second-order valence-corrected chi connectivity index (χ2v) is 6.40. The molecule has 0 aromatic carbocycles. The largest absolute Gasteiger partial charge is 0.464 e. The van der Waals surface area contributed by atoms with Gasteiger partial charge in [-0.15, -0.1) is 0 Å². The first kappa shape index (κ1) is 15.7. The average Bonchev–Trinajstić information content (AvgIpc) is 3.22. The Balaban J connectivity index is 1.51. The number of carbonyl (C=O) groups excluding carboxylic acids is 1. The molecule has 0 spiro atoms. The van der Waals surface area contributed by atoms with Gasteiger partial charge in [-0.3, -0.25) is 5.43 Å². The van der Waals surface area contributed by atoms with Crippen LogP contribution < -0.4 is 10.7 Å². The van der Waals surface area contributed by atoms with Crippen molar-refractivity contribution in [1.82, 2.24) is 15.3 Å². The summed E-state index contributed by atoms with van der Waals surface area (Å²) in [6.07, 6.45) is 10.4. The highest BCUT2D eigenvalue weighted by atomic mass is 32.1. The number of thiocarbonyl (C=S) groups is 1. The molecule has 1 aromatic rings. The summed E-state index contributed by atoms with van der Waals surface area (Å²) < 4.78 is 6.42. The Morgan fingerprint density at radius 1 is 1.48 bits per heavy atom. The number of hydrazone groups is 1. The minimum atomic E-state index is -0.373. The van der Waals surface area contributed by atoms with E-state index in [0.717, 1.165) is 12.0 Å². The standard InChI is InChI=1S/C16H20N4O2S/c1-20-9-11(7-14(20)15(21)22-2)8-17-19-16(23)18-13-6-10-3-4-12(13)5-10/h3-4,7-10,12-13H,5-6H2,1-2H3,(H2,18,19,23)/b17-8-/t10-,12+,13+/m0/s1. The molecular formula is C16H20N4O2S. The Labute approximate surface area is 140 Å². The molecule has 2 aliphatic rings. The van der Waals surface area contributed by atoms with Crippen LogP contribution in [0.1, 0.15) is 28.9 Å². The lowest BCUT2D eigenvalue weighted by Crippen LogP contribution is -2.42. The molecule has 0 radical (unpaired) electrons. The second kappa shape index (κ2) is 6.54. The molecule has 0 unspecified atom stereocenters. The summed E-state index contributed by atoms with van der Waals surface area (Å²) in [6.45, 7) is 0. The van der Waals surface area contributed by atoms with Crippen molar-refractivity contribution in [2.75, 3.05) is 7.11 Å². The van der Waals surface area contributed by atoms with Crippen LogP contribution >= 0.6 is 12.2 Å². The molecule has 1 saturated carbocycles. The van der Waals surface area contributed by atoms with Crippen molar-refractivity contribution in [3.8, 4) is 0 Å². The highest BCUT2D eigenvalue weighted by Gasteiger charge is 2.35. The Morgan fingerprint density at radius 3 is 2.96 bits per heavy atom. The third-order valence-corrected chi connectivity index (χ3v) is 4.60. The molecule has 2 aliphatic carbocycles. The maximum atomic E-state index is 11.5. The molecule has 0 aliphatic heterocycles. The van der Waals surface area contributed by atoms with Gasteiger partial charge in [0.2, 0.25) is 0 Å². The number of aromatic nitrogens is 1. The molecule has 0 saturated heterocycles. The maximum Gasteiger partial charge on any atom is 0.354 e. The minimum Gasteiger partial charge on any atom is -0.464 e. The lowest BCUT2D eigenvalue weighted by molar-refractivity contribution is 0.0590. The quantitative estimate of drug-likeness (QED) is 0.288. The predicted octanol–water partition coefficient (Wildman–Crippen LogP) is 1.57. The normalized spacial score (nSPS) is 25.0. The first-order valence-corrected chi connectivity index (χ1v) is 8.00. The van der Waals surface area contributed by atoms with Crippen molar-refractivity contribution in [2.24, 2.45) is 24.0 Å². The van der Waals surface area contributed by atoms with Crippen molar-refractivity contribution in [2.45, 2.75) is 18.9 Å². The van der Waals surface area contributed by atoms with Crippen molar-refractivity contribution < 1.29 is 9.53 Å². The second-order valence-electron chi connectivity index (χ2n) is 5.99. The van der Waals surface area contributed by atoms with Gasteiger partial charge in [0.05, 0.1) is 13.3 Å². The van der Waals surface area contributed by atoms with Crippen LogP contribution in [0.15, 0.2) is 29.5 Å². The zero-order valence-corrected chi connectivity index (χ0v) is 14.0. The number of esters is 1. The number of fused-ring (bicyclic) bond motifs is 2. The van der Waals surface area contributed by atoms with Crippen molar-refractivity contribution in [3.63, 3.8) is 0 Å². The van der Waals surface area contributed by atoms with Gasteiger partial charge in [0.25, 0.3) is 0 Å². The molecule has 6 nitrogen and oxygen atoms in total. The first-order chi connectivity index (χ1) is 11.1. The van der Waals surface area contributed by atoms with Crippen LogP contribution in [-0.4, -0.2) is 35.0 Å². The van der Waals surface area contributed by atoms with Gasteiger partial charge in [-0.05, 0) is 43.0 Å². The van der Waals surface area contributed by atoms with Gasteiger partial charge in [0, 0.05) is 24.8 Å². The molecule has 1 fully saturated rings. The summed E-state index contributed by atoms with van der Waals surface area (Å²) in [5, 5.41) is 7.96. The number of carbonyl (C=O) groups is 1. The van der Waals surface area contributed by atoms with Crippen molar-refractivity contribution in [3.05, 3.63) is 35.7 Å². The maximum absolute atomic E-state index is 11.5. The van der Waals surface area contributed by atoms with E-state index in [1.807, 2.05) is 0 Å². The fourth-order valence-corrected chi connectivity index (χ4v) is 3.49. The number of hydrogen-bond donors (Lipinski definition) is 2. The summed E-state index contributed by atoms with van der Waals surface area (Å²) in [5.74, 6) is 0.909. The highest BCUT2D eigenvalue weighted by Crippen LogP contribution is 2.38. The molecule has 3 rings (SSSR count). The average molecular weight is 332 g/mol. The topological polar surface area (TPSA) is 67.7 Å². The van der Waals surface area contributed by atoms with E-state index in [0.29, 0.717) is 28.7 Å². The summed E-state index contributed by atoms with van der Waals surface area (Å²) >= 11 is 5.27. The lowest BCUT2D eigenvalue weighted by Gasteiger charge is -2.20. The first-order valence-electron chi connectivity index (χ1n) is 7.59. The smallest absolute Gasteiger partial charge is 0.354 e. The number of nitrogens with zero attached hydrogens (tertiary/aromatic N) is 2. The SMILES string of the molecule is COC(=O)c1cc(/C=N\NC(=S)N[C@@H]2C[C@H]3C=C[C@@H]2C3)cn1C. The fourth-order valence-electron chi connectivity index (χ4n) is 3.28. The third kappa shape index (κ3) is 3.44. The van der Waals surface area contributed by atoms with E-state index in [1.165, 1.54) is 13.5 Å². The van der Waals surface area contributed by atoms with Crippen molar-refractivity contribution >= 4 is 29.5 Å². The van der Waals surface area contributed by atoms with Crippen LogP contribution in [0.2, 0.25) is 0 Å². The molecule has 7 heteroatoms. The van der Waals surface area contributed by atoms with Gasteiger partial charge in [-0.1, -0.05) is 12.2 Å². The zero-order chi connectivity index (χ0) is 16.4. The van der Waals surface area contributed by atoms with Gasteiger partial charge in [0.1, 0.15) is 5.69 Å². The molecule has 1 aromatic heterocycles. The number of methoxy groups -OCH3 is 1. The fraction of sp³-hybridized carbons (Fsp3) is 0.438.